The minimum absolute atomic E-state index is 0.743. The standard InChI is InChI=1S/C19H33N5OS/c1-20-19(21-6-9-23-10-12-25-13-11-23)22-15-17-4-7-24(8-5-17)16-18-3-2-14-26-18/h2-3,14,17H,4-13,15-16H2,1H3,(H2,20,21,22). The van der Waals surface area contributed by atoms with E-state index in [-0.39, 0.29) is 0 Å². The minimum atomic E-state index is 0.743. The van der Waals surface area contributed by atoms with Gasteiger partial charge in [-0.1, -0.05) is 6.07 Å². The number of rotatable bonds is 7. The predicted octanol–water partition coefficient (Wildman–Crippen LogP) is 1.46. The van der Waals surface area contributed by atoms with Gasteiger partial charge in [0.25, 0.3) is 0 Å². The van der Waals surface area contributed by atoms with Gasteiger partial charge in [0.15, 0.2) is 5.96 Å². The van der Waals surface area contributed by atoms with Crippen molar-refractivity contribution in [1.29, 1.82) is 0 Å². The number of likely N-dealkylation sites (tertiary alicyclic amines) is 1. The number of piperidine rings is 1. The summed E-state index contributed by atoms with van der Waals surface area (Å²) in [7, 11) is 1.85. The Bertz CT molecular complexity index is 522. The number of thiophene rings is 1. The van der Waals surface area contributed by atoms with Crippen molar-refractivity contribution in [3.63, 3.8) is 0 Å². The minimum Gasteiger partial charge on any atom is -0.379 e. The van der Waals surface area contributed by atoms with Gasteiger partial charge in [-0.2, -0.15) is 0 Å². The fourth-order valence-electron chi connectivity index (χ4n) is 3.59. The third-order valence-corrected chi connectivity index (χ3v) is 6.13. The second-order valence-electron chi connectivity index (χ2n) is 7.13. The first kappa shape index (κ1) is 19.6. The van der Waals surface area contributed by atoms with Crippen molar-refractivity contribution in [3.05, 3.63) is 22.4 Å². The molecule has 6 nitrogen and oxygen atoms in total. The third-order valence-electron chi connectivity index (χ3n) is 5.27. The summed E-state index contributed by atoms with van der Waals surface area (Å²) < 4.78 is 5.39. The van der Waals surface area contributed by atoms with Crippen molar-refractivity contribution in [2.24, 2.45) is 10.9 Å². The second kappa shape index (κ2) is 10.9. The molecule has 0 spiro atoms. The number of aliphatic imine (C=N–C) groups is 1. The Labute approximate surface area is 161 Å². The molecule has 3 rings (SSSR count). The van der Waals surface area contributed by atoms with Crippen LogP contribution in [0.15, 0.2) is 22.5 Å². The number of nitrogens with zero attached hydrogens (tertiary/aromatic N) is 3. The van der Waals surface area contributed by atoms with Crippen LogP contribution in [0.25, 0.3) is 0 Å². The first-order chi connectivity index (χ1) is 12.8. The molecule has 1 aromatic heterocycles. The SMILES string of the molecule is CN=C(NCCN1CCOCC1)NCC1CCN(Cc2cccs2)CC1. The van der Waals surface area contributed by atoms with Gasteiger partial charge in [0.2, 0.25) is 0 Å². The topological polar surface area (TPSA) is 52.1 Å². The lowest BCUT2D eigenvalue weighted by molar-refractivity contribution is 0.0389. The average Bonchev–Trinajstić information content (AvgIpc) is 3.19. The van der Waals surface area contributed by atoms with Gasteiger partial charge in [-0.15, -0.1) is 11.3 Å². The number of hydrogen-bond acceptors (Lipinski definition) is 5. The summed E-state index contributed by atoms with van der Waals surface area (Å²) >= 11 is 1.86. The van der Waals surface area contributed by atoms with E-state index in [4.69, 9.17) is 4.74 Å². The molecule has 0 radical (unpaired) electrons. The van der Waals surface area contributed by atoms with E-state index < -0.39 is 0 Å². The van der Waals surface area contributed by atoms with Crippen LogP contribution in [0.5, 0.6) is 0 Å². The van der Waals surface area contributed by atoms with Gasteiger partial charge in [0.05, 0.1) is 13.2 Å². The molecule has 0 bridgehead atoms. The third kappa shape index (κ3) is 6.54. The van der Waals surface area contributed by atoms with Crippen molar-refractivity contribution in [3.8, 4) is 0 Å². The molecule has 0 atom stereocenters. The molecule has 146 valence electrons. The van der Waals surface area contributed by atoms with E-state index in [1.54, 1.807) is 0 Å². The van der Waals surface area contributed by atoms with Gasteiger partial charge < -0.3 is 15.4 Å². The Hall–Kier alpha value is -1.15. The van der Waals surface area contributed by atoms with E-state index in [9.17, 15) is 0 Å². The van der Waals surface area contributed by atoms with Gasteiger partial charge in [0.1, 0.15) is 0 Å². The quantitative estimate of drug-likeness (QED) is 0.555. The fourth-order valence-corrected chi connectivity index (χ4v) is 4.34. The van der Waals surface area contributed by atoms with E-state index in [1.165, 1.54) is 30.8 Å². The maximum atomic E-state index is 5.39. The van der Waals surface area contributed by atoms with Crippen LogP contribution in [0, 0.1) is 5.92 Å². The Morgan fingerprint density at radius 3 is 2.69 bits per heavy atom. The molecular formula is C19H33N5OS. The van der Waals surface area contributed by atoms with Crippen molar-refractivity contribution < 1.29 is 4.74 Å². The van der Waals surface area contributed by atoms with Gasteiger partial charge >= 0.3 is 0 Å². The van der Waals surface area contributed by atoms with Gasteiger partial charge in [-0.3, -0.25) is 14.8 Å². The largest absolute Gasteiger partial charge is 0.379 e. The Kier molecular flexibility index (Phi) is 8.20. The average molecular weight is 380 g/mol. The smallest absolute Gasteiger partial charge is 0.191 e. The van der Waals surface area contributed by atoms with Crippen molar-refractivity contribution >= 4 is 17.3 Å². The summed E-state index contributed by atoms with van der Waals surface area (Å²) in [6.07, 6.45) is 2.53. The summed E-state index contributed by atoms with van der Waals surface area (Å²) in [5.74, 6) is 1.67. The Morgan fingerprint density at radius 2 is 2.00 bits per heavy atom. The molecule has 2 saturated heterocycles. The number of morpholine rings is 1. The molecule has 0 saturated carbocycles. The zero-order chi connectivity index (χ0) is 18.0. The van der Waals surface area contributed by atoms with E-state index in [0.717, 1.165) is 64.4 Å². The second-order valence-corrected chi connectivity index (χ2v) is 8.17. The van der Waals surface area contributed by atoms with Crippen LogP contribution in [0.2, 0.25) is 0 Å². The van der Waals surface area contributed by atoms with Crippen LogP contribution in [-0.4, -0.2) is 81.8 Å². The molecule has 0 unspecified atom stereocenters. The van der Waals surface area contributed by atoms with Gasteiger partial charge in [0, 0.05) is 51.2 Å². The number of hydrogen-bond donors (Lipinski definition) is 2. The van der Waals surface area contributed by atoms with Crippen molar-refractivity contribution in [2.75, 3.05) is 66.1 Å². The predicted molar refractivity (Wildman–Crippen MR) is 109 cm³/mol. The number of guanidine groups is 1. The monoisotopic (exact) mass is 379 g/mol. The number of nitrogens with one attached hydrogen (secondary N) is 2. The van der Waals surface area contributed by atoms with Crippen LogP contribution >= 0.6 is 11.3 Å². The molecule has 0 amide bonds. The van der Waals surface area contributed by atoms with Crippen LogP contribution in [0.4, 0.5) is 0 Å². The maximum absolute atomic E-state index is 5.39. The molecule has 1 aromatic rings. The molecule has 2 fully saturated rings. The summed E-state index contributed by atoms with van der Waals surface area (Å²) in [5, 5.41) is 9.13. The summed E-state index contributed by atoms with van der Waals surface area (Å²) in [5.41, 5.74) is 0. The molecule has 3 heterocycles. The zero-order valence-corrected chi connectivity index (χ0v) is 16.8. The molecule has 2 N–H and O–H groups in total. The summed E-state index contributed by atoms with van der Waals surface area (Å²) in [6.45, 7) is 10.3. The summed E-state index contributed by atoms with van der Waals surface area (Å²) in [4.78, 5) is 10.9. The van der Waals surface area contributed by atoms with Crippen LogP contribution < -0.4 is 10.6 Å². The van der Waals surface area contributed by atoms with Gasteiger partial charge in [-0.05, 0) is 43.3 Å². The first-order valence-electron chi connectivity index (χ1n) is 9.83. The molecule has 0 aliphatic carbocycles. The highest BCUT2D eigenvalue weighted by atomic mass is 32.1. The first-order valence-corrected chi connectivity index (χ1v) is 10.7. The molecular weight excluding hydrogens is 346 g/mol. The Morgan fingerprint density at radius 1 is 1.19 bits per heavy atom. The van der Waals surface area contributed by atoms with Crippen molar-refractivity contribution in [2.45, 2.75) is 19.4 Å². The van der Waals surface area contributed by atoms with E-state index in [2.05, 4.69) is 42.9 Å². The zero-order valence-electron chi connectivity index (χ0n) is 16.0. The summed E-state index contributed by atoms with van der Waals surface area (Å²) in [6, 6.07) is 4.39. The lowest BCUT2D eigenvalue weighted by atomic mass is 9.97. The van der Waals surface area contributed by atoms with Crippen LogP contribution in [-0.2, 0) is 11.3 Å². The molecule has 2 aliphatic rings. The maximum Gasteiger partial charge on any atom is 0.191 e. The lowest BCUT2D eigenvalue weighted by Crippen LogP contribution is -2.46. The molecule has 2 aliphatic heterocycles. The van der Waals surface area contributed by atoms with E-state index in [1.807, 2.05) is 18.4 Å². The Balaban J connectivity index is 1.28. The molecule has 0 aromatic carbocycles. The highest BCUT2D eigenvalue weighted by Gasteiger charge is 2.19. The van der Waals surface area contributed by atoms with Crippen LogP contribution in [0.1, 0.15) is 17.7 Å². The van der Waals surface area contributed by atoms with Gasteiger partial charge in [-0.25, -0.2) is 0 Å². The molecule has 7 heteroatoms. The normalized spacial score (nSPS) is 21.0. The van der Waals surface area contributed by atoms with E-state index in [0.29, 0.717) is 0 Å². The molecule has 26 heavy (non-hydrogen) atoms. The van der Waals surface area contributed by atoms with Crippen LogP contribution in [0.3, 0.4) is 0 Å². The highest BCUT2D eigenvalue weighted by Crippen LogP contribution is 2.20. The highest BCUT2D eigenvalue weighted by molar-refractivity contribution is 7.09. The number of ether oxygens (including phenoxy) is 1. The fraction of sp³-hybridized carbons (Fsp3) is 0.737. The lowest BCUT2D eigenvalue weighted by Gasteiger charge is -2.32. The van der Waals surface area contributed by atoms with E-state index >= 15 is 0 Å². The van der Waals surface area contributed by atoms with Crippen molar-refractivity contribution in [1.82, 2.24) is 20.4 Å².